The smallest absolute Gasteiger partial charge is 0.227 e. The molecule has 0 radical (unpaired) electrons. The van der Waals surface area contributed by atoms with Crippen LogP contribution < -0.4 is 4.90 Å². The van der Waals surface area contributed by atoms with Crippen LogP contribution in [0.2, 0.25) is 0 Å². The number of hydrogen-bond donors (Lipinski definition) is 0. The van der Waals surface area contributed by atoms with E-state index in [-0.39, 0.29) is 5.91 Å². The zero-order valence-corrected chi connectivity index (χ0v) is 15.2. The van der Waals surface area contributed by atoms with Crippen LogP contribution in [0, 0.1) is 0 Å². The van der Waals surface area contributed by atoms with Crippen molar-refractivity contribution >= 4 is 11.7 Å². The lowest BCUT2D eigenvalue weighted by atomic mass is 10.1. The summed E-state index contributed by atoms with van der Waals surface area (Å²) in [4.78, 5) is 25.8. The van der Waals surface area contributed by atoms with E-state index in [0.29, 0.717) is 6.42 Å². The zero-order valence-electron chi connectivity index (χ0n) is 15.2. The number of nitrogens with zero attached hydrogens (tertiary/aromatic N) is 4. The fourth-order valence-electron chi connectivity index (χ4n) is 3.32. The van der Waals surface area contributed by atoms with E-state index in [1.807, 2.05) is 71.6 Å². The van der Waals surface area contributed by atoms with E-state index >= 15 is 0 Å². The molecule has 4 rings (SSSR count). The lowest BCUT2D eigenvalue weighted by Gasteiger charge is -2.35. The van der Waals surface area contributed by atoms with Gasteiger partial charge in [-0.2, -0.15) is 0 Å². The lowest BCUT2D eigenvalue weighted by molar-refractivity contribution is -0.130. The average Bonchev–Trinajstić information content (AvgIpc) is 2.75. The molecule has 27 heavy (non-hydrogen) atoms. The van der Waals surface area contributed by atoms with Gasteiger partial charge in [0.2, 0.25) is 5.91 Å². The van der Waals surface area contributed by atoms with E-state index in [4.69, 9.17) is 4.98 Å². The molecule has 2 aromatic carbocycles. The number of carbonyl (C=O) groups is 1. The van der Waals surface area contributed by atoms with Gasteiger partial charge in [0.05, 0.1) is 6.42 Å². The summed E-state index contributed by atoms with van der Waals surface area (Å²) in [5, 5.41) is 0. The van der Waals surface area contributed by atoms with Crippen LogP contribution in [0.4, 0.5) is 5.82 Å². The molecule has 0 aliphatic carbocycles. The van der Waals surface area contributed by atoms with Crippen LogP contribution in [0.15, 0.2) is 72.9 Å². The monoisotopic (exact) mass is 358 g/mol. The summed E-state index contributed by atoms with van der Waals surface area (Å²) < 4.78 is 0. The van der Waals surface area contributed by atoms with Crippen molar-refractivity contribution in [2.75, 3.05) is 31.1 Å². The molecule has 0 N–H and O–H groups in total. The Hall–Kier alpha value is -3.21. The van der Waals surface area contributed by atoms with E-state index < -0.39 is 0 Å². The van der Waals surface area contributed by atoms with Gasteiger partial charge in [-0.15, -0.1) is 0 Å². The van der Waals surface area contributed by atoms with Gasteiger partial charge in [-0.25, -0.2) is 9.97 Å². The predicted octanol–water partition coefficient (Wildman–Crippen LogP) is 3.03. The first-order chi connectivity index (χ1) is 13.3. The highest BCUT2D eigenvalue weighted by Gasteiger charge is 2.22. The minimum atomic E-state index is 0.188. The standard InChI is InChI=1S/C22H22N4O/c27-21(17-18-7-3-1-4-8-18)26-15-13-25(14-16-26)20-11-12-23-22(24-20)19-9-5-2-6-10-19/h1-12H,13-17H2. The van der Waals surface area contributed by atoms with Gasteiger partial charge < -0.3 is 9.80 Å². The first-order valence-electron chi connectivity index (χ1n) is 9.25. The third kappa shape index (κ3) is 4.14. The molecule has 0 unspecified atom stereocenters. The van der Waals surface area contributed by atoms with E-state index in [1.54, 1.807) is 6.20 Å². The molecule has 5 heteroatoms. The first-order valence-corrected chi connectivity index (χ1v) is 9.25. The maximum Gasteiger partial charge on any atom is 0.227 e. The van der Waals surface area contributed by atoms with E-state index in [2.05, 4.69) is 9.88 Å². The third-order valence-electron chi connectivity index (χ3n) is 4.83. The van der Waals surface area contributed by atoms with Gasteiger partial charge in [-0.1, -0.05) is 60.7 Å². The van der Waals surface area contributed by atoms with Crippen molar-refractivity contribution in [1.82, 2.24) is 14.9 Å². The first kappa shape index (κ1) is 17.2. The number of benzene rings is 2. The van der Waals surface area contributed by atoms with Crippen LogP contribution >= 0.6 is 0 Å². The highest BCUT2D eigenvalue weighted by atomic mass is 16.2. The largest absolute Gasteiger partial charge is 0.353 e. The van der Waals surface area contributed by atoms with Crippen LogP contribution in [-0.2, 0) is 11.2 Å². The number of piperazine rings is 1. The topological polar surface area (TPSA) is 49.3 Å². The number of hydrogen-bond acceptors (Lipinski definition) is 4. The van der Waals surface area contributed by atoms with E-state index in [1.165, 1.54) is 0 Å². The highest BCUT2D eigenvalue weighted by molar-refractivity contribution is 5.79. The second-order valence-electron chi connectivity index (χ2n) is 6.63. The molecule has 0 saturated carbocycles. The summed E-state index contributed by atoms with van der Waals surface area (Å²) in [5.41, 5.74) is 2.07. The van der Waals surface area contributed by atoms with Gasteiger partial charge in [0.15, 0.2) is 5.82 Å². The van der Waals surface area contributed by atoms with Crippen LogP contribution in [-0.4, -0.2) is 47.0 Å². The summed E-state index contributed by atoms with van der Waals surface area (Å²) in [6.45, 7) is 3.00. The summed E-state index contributed by atoms with van der Waals surface area (Å²) in [6, 6.07) is 21.8. The molecule has 136 valence electrons. The van der Waals surface area contributed by atoms with E-state index in [0.717, 1.165) is 48.9 Å². The van der Waals surface area contributed by atoms with Crippen molar-refractivity contribution in [2.24, 2.45) is 0 Å². The Balaban J connectivity index is 1.39. The molecule has 1 aliphatic rings. The molecule has 1 amide bonds. The molecule has 5 nitrogen and oxygen atoms in total. The highest BCUT2D eigenvalue weighted by Crippen LogP contribution is 2.19. The molecular weight excluding hydrogens is 336 g/mol. The maximum absolute atomic E-state index is 12.5. The van der Waals surface area contributed by atoms with Gasteiger partial charge >= 0.3 is 0 Å². The van der Waals surface area contributed by atoms with Crippen LogP contribution in [0.3, 0.4) is 0 Å². The summed E-state index contributed by atoms with van der Waals surface area (Å²) in [6.07, 6.45) is 2.27. The number of amides is 1. The molecule has 1 fully saturated rings. The average molecular weight is 358 g/mol. The zero-order chi connectivity index (χ0) is 18.5. The van der Waals surface area contributed by atoms with Crippen molar-refractivity contribution in [3.8, 4) is 11.4 Å². The molecular formula is C22H22N4O. The Morgan fingerprint density at radius 2 is 1.52 bits per heavy atom. The van der Waals surface area contributed by atoms with Gasteiger partial charge in [0.25, 0.3) is 0 Å². The van der Waals surface area contributed by atoms with Crippen molar-refractivity contribution in [3.63, 3.8) is 0 Å². The molecule has 1 aliphatic heterocycles. The fourth-order valence-corrected chi connectivity index (χ4v) is 3.32. The minimum Gasteiger partial charge on any atom is -0.353 e. The minimum absolute atomic E-state index is 0.188. The summed E-state index contributed by atoms with van der Waals surface area (Å²) in [7, 11) is 0. The van der Waals surface area contributed by atoms with Gasteiger partial charge in [0.1, 0.15) is 5.82 Å². The quantitative estimate of drug-likeness (QED) is 0.719. The predicted molar refractivity (Wildman–Crippen MR) is 106 cm³/mol. The molecule has 1 aromatic heterocycles. The van der Waals surface area contributed by atoms with Crippen molar-refractivity contribution in [3.05, 3.63) is 78.5 Å². The Morgan fingerprint density at radius 3 is 2.22 bits per heavy atom. The summed E-state index contributed by atoms with van der Waals surface area (Å²) in [5.74, 6) is 1.84. The molecule has 2 heterocycles. The number of rotatable bonds is 4. The van der Waals surface area contributed by atoms with Crippen molar-refractivity contribution in [2.45, 2.75) is 6.42 Å². The second-order valence-corrected chi connectivity index (χ2v) is 6.63. The Kier molecular flexibility index (Phi) is 5.10. The molecule has 0 spiro atoms. The Labute approximate surface area is 159 Å². The summed E-state index contributed by atoms with van der Waals surface area (Å²) >= 11 is 0. The van der Waals surface area contributed by atoms with Crippen LogP contribution in [0.25, 0.3) is 11.4 Å². The van der Waals surface area contributed by atoms with Crippen LogP contribution in [0.5, 0.6) is 0 Å². The lowest BCUT2D eigenvalue weighted by Crippen LogP contribution is -2.49. The normalized spacial score (nSPS) is 14.2. The number of carbonyl (C=O) groups excluding carboxylic acids is 1. The van der Waals surface area contributed by atoms with Crippen LogP contribution in [0.1, 0.15) is 5.56 Å². The van der Waals surface area contributed by atoms with Gasteiger partial charge in [0, 0.05) is 37.9 Å². The van der Waals surface area contributed by atoms with Gasteiger partial charge in [-0.3, -0.25) is 4.79 Å². The SMILES string of the molecule is O=C(Cc1ccccc1)N1CCN(c2ccnc(-c3ccccc3)n2)CC1. The molecule has 0 atom stereocenters. The number of anilines is 1. The van der Waals surface area contributed by atoms with E-state index in [9.17, 15) is 4.79 Å². The maximum atomic E-state index is 12.5. The number of aromatic nitrogens is 2. The second kappa shape index (κ2) is 7.99. The van der Waals surface area contributed by atoms with Crippen molar-refractivity contribution < 1.29 is 4.79 Å². The molecule has 0 bridgehead atoms. The third-order valence-corrected chi connectivity index (χ3v) is 4.83. The molecule has 1 saturated heterocycles. The van der Waals surface area contributed by atoms with Crippen molar-refractivity contribution in [1.29, 1.82) is 0 Å². The Morgan fingerprint density at radius 1 is 0.852 bits per heavy atom. The fraction of sp³-hybridized carbons (Fsp3) is 0.227. The Bertz CT molecular complexity index is 890. The van der Waals surface area contributed by atoms with Gasteiger partial charge in [-0.05, 0) is 11.6 Å². The molecule has 3 aromatic rings.